The maximum atomic E-state index is 12.4. The molecule has 0 saturated heterocycles. The van der Waals surface area contributed by atoms with E-state index in [-0.39, 0.29) is 50.4 Å². The molecule has 4 N–H and O–H groups in total. The number of allylic oxidation sites excluding steroid dienone is 5. The van der Waals surface area contributed by atoms with Gasteiger partial charge in [-0.25, -0.2) is 0 Å². The highest BCUT2D eigenvalue weighted by molar-refractivity contribution is 6.02. The third-order valence-corrected chi connectivity index (χ3v) is 10.3. The van der Waals surface area contributed by atoms with Crippen molar-refractivity contribution in [3.63, 3.8) is 0 Å². The van der Waals surface area contributed by atoms with Crippen LogP contribution >= 0.6 is 0 Å². The number of carbonyl (C=O) groups is 2. The molecule has 4 aliphatic carbocycles. The molecule has 2 aromatic carbocycles. The maximum Gasteiger partial charge on any atom is 0.235 e. The van der Waals surface area contributed by atoms with Gasteiger partial charge in [-0.05, 0) is 91.5 Å². The lowest BCUT2D eigenvalue weighted by Gasteiger charge is -2.56. The number of benzene rings is 2. The van der Waals surface area contributed by atoms with Crippen LogP contribution in [0, 0.1) is 28.6 Å². The predicted molar refractivity (Wildman–Crippen MR) is 161 cm³/mol. The molecule has 3 aromatic rings. The zero-order valence-electron chi connectivity index (χ0n) is 24.1. The minimum atomic E-state index is -0.654. The van der Waals surface area contributed by atoms with Gasteiger partial charge in [0, 0.05) is 28.9 Å². The highest BCUT2D eigenvalue weighted by Crippen LogP contribution is 2.64. The fraction of sp³-hybridized carbons (Fsp3) is 0.343. The molecule has 8 nitrogen and oxygen atoms in total. The first-order valence-electron chi connectivity index (χ1n) is 14.5. The summed E-state index contributed by atoms with van der Waals surface area (Å²) in [5.41, 5.74) is 1.75. The Bertz CT molecular complexity index is 1830. The molecule has 0 amide bonds. The Morgan fingerprint density at radius 3 is 2.44 bits per heavy atom. The average Bonchev–Trinajstić information content (AvgIpc) is 3.28. The van der Waals surface area contributed by atoms with E-state index in [0.717, 1.165) is 49.3 Å². The topological polar surface area (TPSA) is 145 Å². The summed E-state index contributed by atoms with van der Waals surface area (Å²) < 4.78 is 5.43. The summed E-state index contributed by atoms with van der Waals surface area (Å²) in [5.74, 6) is 0.536. The quantitative estimate of drug-likeness (QED) is 0.244. The van der Waals surface area contributed by atoms with Crippen LogP contribution < -0.4 is 5.43 Å². The standard InChI is InChI=1S/C20H24O2.C15H10O6/c1-12-10-14-15-4-5-18(22)20(15,3)9-7-16(14)19(2)8-6-13(21)11-17(12)19;16-8-2-3-9-12(6-8)21-15(14(20)13(9)19)7-1-4-10(17)11(18)5-7/h6,8,11,14-16H,1,4-5,7,9-10H2,2-3H3;1-6,16-18,20H/t14-,15-,16-,19+,20-;/m0./s1. The van der Waals surface area contributed by atoms with E-state index >= 15 is 0 Å². The zero-order chi connectivity index (χ0) is 30.8. The molecule has 0 aliphatic heterocycles. The van der Waals surface area contributed by atoms with Gasteiger partial charge in [0.2, 0.25) is 11.2 Å². The highest BCUT2D eigenvalue weighted by atomic mass is 16.4. The van der Waals surface area contributed by atoms with E-state index in [1.807, 2.05) is 0 Å². The lowest BCUT2D eigenvalue weighted by molar-refractivity contribution is -0.131. The molecule has 0 spiro atoms. The van der Waals surface area contributed by atoms with Gasteiger partial charge in [0.25, 0.3) is 0 Å². The Kier molecular flexibility index (Phi) is 6.64. The first kappa shape index (κ1) is 28.5. The number of ketones is 2. The van der Waals surface area contributed by atoms with Gasteiger partial charge in [-0.1, -0.05) is 32.1 Å². The summed E-state index contributed by atoms with van der Waals surface area (Å²) in [6.45, 7) is 8.75. The van der Waals surface area contributed by atoms with Gasteiger partial charge >= 0.3 is 0 Å². The van der Waals surface area contributed by atoms with Crippen molar-refractivity contribution in [2.75, 3.05) is 0 Å². The summed E-state index contributed by atoms with van der Waals surface area (Å²) in [5, 5.41) is 38.3. The van der Waals surface area contributed by atoms with Crippen LogP contribution in [0.2, 0.25) is 0 Å². The molecule has 7 rings (SSSR count). The molecule has 43 heavy (non-hydrogen) atoms. The number of hydrogen-bond acceptors (Lipinski definition) is 8. The summed E-state index contributed by atoms with van der Waals surface area (Å²) >= 11 is 0. The summed E-state index contributed by atoms with van der Waals surface area (Å²) in [6, 6.07) is 7.64. The van der Waals surface area contributed by atoms with E-state index in [1.165, 1.54) is 30.3 Å². The molecular weight excluding hydrogens is 548 g/mol. The van der Waals surface area contributed by atoms with E-state index in [1.54, 1.807) is 12.2 Å². The van der Waals surface area contributed by atoms with E-state index in [2.05, 4.69) is 26.5 Å². The second kappa shape index (κ2) is 10.0. The first-order chi connectivity index (χ1) is 20.3. The van der Waals surface area contributed by atoms with E-state index in [9.17, 15) is 34.8 Å². The summed E-state index contributed by atoms with van der Waals surface area (Å²) in [7, 11) is 0. The number of hydrogen-bond donors (Lipinski definition) is 4. The number of phenolic OH excluding ortho intramolecular Hbond substituents is 3. The third kappa shape index (κ3) is 4.47. The number of aromatic hydroxyl groups is 4. The van der Waals surface area contributed by atoms with Crippen molar-refractivity contribution in [2.45, 2.75) is 46.0 Å². The lowest BCUT2D eigenvalue weighted by atomic mass is 9.48. The van der Waals surface area contributed by atoms with E-state index < -0.39 is 16.9 Å². The van der Waals surface area contributed by atoms with Crippen LogP contribution in [0.1, 0.15) is 46.0 Å². The SMILES string of the molecule is C=C1C[C@@H]2[C@H](CC[C@]3(C)C(=O)CC[C@@H]23)[C@@]2(C)C=CC(=O)C=C12.O=c1c(O)c(-c2ccc(O)c(O)c2)oc2cc(O)ccc12. The Morgan fingerprint density at radius 1 is 0.930 bits per heavy atom. The largest absolute Gasteiger partial charge is 0.508 e. The molecule has 3 saturated carbocycles. The molecule has 0 bridgehead atoms. The molecule has 1 aromatic heterocycles. The monoisotopic (exact) mass is 582 g/mol. The van der Waals surface area contributed by atoms with Gasteiger partial charge in [0.05, 0.1) is 5.39 Å². The van der Waals surface area contributed by atoms with Gasteiger partial charge in [-0.3, -0.25) is 14.4 Å². The molecule has 0 radical (unpaired) electrons. The Balaban J connectivity index is 0.000000153. The van der Waals surface area contributed by atoms with Gasteiger partial charge in [0.1, 0.15) is 17.1 Å². The van der Waals surface area contributed by atoms with Crippen LogP contribution in [-0.2, 0) is 9.59 Å². The van der Waals surface area contributed by atoms with Crippen LogP contribution in [0.15, 0.2) is 81.6 Å². The van der Waals surface area contributed by atoms with Crippen LogP contribution in [0.3, 0.4) is 0 Å². The highest BCUT2D eigenvalue weighted by Gasteiger charge is 2.59. The lowest BCUT2D eigenvalue weighted by Crippen LogP contribution is -2.50. The average molecular weight is 583 g/mol. The summed E-state index contributed by atoms with van der Waals surface area (Å²) in [4.78, 5) is 36.3. The van der Waals surface area contributed by atoms with E-state index in [4.69, 9.17) is 4.42 Å². The number of carbonyl (C=O) groups excluding carboxylic acids is 2. The molecule has 0 unspecified atom stereocenters. The molecule has 1 heterocycles. The van der Waals surface area contributed by atoms with Crippen LogP contribution in [-0.4, -0.2) is 32.0 Å². The maximum absolute atomic E-state index is 12.4. The molecular formula is C35H34O8. The predicted octanol–water partition coefficient (Wildman–Crippen LogP) is 6.31. The minimum Gasteiger partial charge on any atom is -0.508 e. The van der Waals surface area contributed by atoms with Crippen LogP contribution in [0.25, 0.3) is 22.3 Å². The van der Waals surface area contributed by atoms with Gasteiger partial charge in [-0.2, -0.15) is 0 Å². The zero-order valence-corrected chi connectivity index (χ0v) is 24.1. The fourth-order valence-electron chi connectivity index (χ4n) is 8.01. The van der Waals surface area contributed by atoms with Crippen molar-refractivity contribution in [3.05, 3.63) is 82.6 Å². The number of fused-ring (bicyclic) bond motifs is 6. The first-order valence-corrected chi connectivity index (χ1v) is 14.5. The number of Topliss-reactive ketones (excluding diaryl/α,β-unsaturated/α-hetero) is 1. The van der Waals surface area contributed by atoms with Crippen molar-refractivity contribution >= 4 is 22.5 Å². The van der Waals surface area contributed by atoms with Crippen LogP contribution in [0.5, 0.6) is 23.0 Å². The smallest absolute Gasteiger partial charge is 0.235 e. The molecule has 3 fully saturated rings. The van der Waals surface area contributed by atoms with Crippen molar-refractivity contribution in [1.29, 1.82) is 0 Å². The minimum absolute atomic E-state index is 0.0686. The van der Waals surface area contributed by atoms with Crippen molar-refractivity contribution < 1.29 is 34.4 Å². The Morgan fingerprint density at radius 2 is 1.70 bits per heavy atom. The van der Waals surface area contributed by atoms with Gasteiger partial charge in [0.15, 0.2) is 23.0 Å². The Labute approximate surface area is 248 Å². The molecule has 4 aliphatic rings. The Hall–Kier alpha value is -4.59. The van der Waals surface area contributed by atoms with E-state index in [0.29, 0.717) is 23.5 Å². The van der Waals surface area contributed by atoms with Gasteiger partial charge in [-0.15, -0.1) is 0 Å². The van der Waals surface area contributed by atoms with Crippen molar-refractivity contribution in [3.8, 4) is 34.3 Å². The number of rotatable bonds is 1. The summed E-state index contributed by atoms with van der Waals surface area (Å²) in [6.07, 6.45) is 10.5. The fourth-order valence-corrected chi connectivity index (χ4v) is 8.01. The van der Waals surface area contributed by atoms with Crippen LogP contribution in [0.4, 0.5) is 0 Å². The second-order valence-electron chi connectivity index (χ2n) is 12.7. The van der Waals surface area contributed by atoms with Gasteiger partial charge < -0.3 is 24.8 Å². The molecule has 222 valence electrons. The number of phenols is 3. The molecule has 8 heteroatoms. The normalized spacial score (nSPS) is 29.3. The third-order valence-electron chi connectivity index (χ3n) is 10.3. The molecule has 5 atom stereocenters. The second-order valence-corrected chi connectivity index (χ2v) is 12.7. The van der Waals surface area contributed by atoms with Crippen molar-refractivity contribution in [2.24, 2.45) is 28.6 Å². The van der Waals surface area contributed by atoms with Crippen molar-refractivity contribution in [1.82, 2.24) is 0 Å².